The fraction of sp³-hybridized carbons (Fsp3) is 0.318. The minimum Gasteiger partial charge on any atom is -0.324 e. The van der Waals surface area contributed by atoms with Crippen LogP contribution < -0.4 is 14.8 Å². The van der Waals surface area contributed by atoms with Crippen molar-refractivity contribution in [2.24, 2.45) is 0 Å². The smallest absolute Gasteiger partial charge is 0.0945 e. The molecular weight excluding hydrogens is 384 g/mol. The lowest BCUT2D eigenvalue weighted by atomic mass is 10.2. The van der Waals surface area contributed by atoms with Gasteiger partial charge < -0.3 is 10.0 Å². The Balaban J connectivity index is 1.60. The van der Waals surface area contributed by atoms with E-state index in [1.807, 2.05) is 0 Å². The summed E-state index contributed by atoms with van der Waals surface area (Å²) in [6.45, 7) is 9.10. The average Bonchev–Trinajstić information content (AvgIpc) is 2.70. The van der Waals surface area contributed by atoms with E-state index in [2.05, 4.69) is 90.1 Å². The summed E-state index contributed by atoms with van der Waals surface area (Å²) >= 11 is 3.39. The Bertz CT molecular complexity index is 881. The van der Waals surface area contributed by atoms with Crippen molar-refractivity contribution in [2.45, 2.75) is 37.5 Å². The minimum absolute atomic E-state index is 0.603. The maximum Gasteiger partial charge on any atom is 0.0945 e. The lowest BCUT2D eigenvalue weighted by Gasteiger charge is -2.11. The van der Waals surface area contributed by atoms with Crippen molar-refractivity contribution in [1.29, 1.82) is 0 Å². The number of nitrogens with one attached hydrogen (secondary N) is 3. The molecule has 6 heteroatoms. The van der Waals surface area contributed by atoms with Gasteiger partial charge in [-0.05, 0) is 43.1 Å². The SMILES string of the molecule is Cc1ccc(SNc2cccc3ccc(CNCCNSC(C)C)nc23)cc1. The van der Waals surface area contributed by atoms with Gasteiger partial charge in [0.05, 0.1) is 16.9 Å². The molecule has 0 unspecified atom stereocenters. The van der Waals surface area contributed by atoms with Crippen LogP contribution >= 0.6 is 23.9 Å². The Morgan fingerprint density at radius 1 is 0.964 bits per heavy atom. The number of pyridine rings is 1. The predicted molar refractivity (Wildman–Crippen MR) is 125 cm³/mol. The van der Waals surface area contributed by atoms with Gasteiger partial charge in [-0.15, -0.1) is 0 Å². The number of nitrogens with zero attached hydrogens (tertiary/aromatic N) is 1. The zero-order valence-corrected chi connectivity index (χ0v) is 18.3. The number of hydrogen-bond donors (Lipinski definition) is 3. The van der Waals surface area contributed by atoms with Crippen molar-refractivity contribution in [3.8, 4) is 0 Å². The largest absolute Gasteiger partial charge is 0.324 e. The van der Waals surface area contributed by atoms with Crippen molar-refractivity contribution in [2.75, 3.05) is 17.8 Å². The third kappa shape index (κ3) is 6.41. The van der Waals surface area contributed by atoms with E-state index in [9.17, 15) is 0 Å². The van der Waals surface area contributed by atoms with Crippen LogP contribution in [-0.4, -0.2) is 23.3 Å². The number of rotatable bonds is 10. The first-order chi connectivity index (χ1) is 13.6. The van der Waals surface area contributed by atoms with Gasteiger partial charge in [0.2, 0.25) is 0 Å². The van der Waals surface area contributed by atoms with Crippen LogP contribution in [0, 0.1) is 6.92 Å². The number of benzene rings is 2. The Labute approximate surface area is 176 Å². The Morgan fingerprint density at radius 3 is 2.57 bits per heavy atom. The van der Waals surface area contributed by atoms with Gasteiger partial charge in [-0.25, -0.2) is 4.98 Å². The molecule has 0 amide bonds. The molecule has 0 aliphatic rings. The fourth-order valence-electron chi connectivity index (χ4n) is 2.67. The highest BCUT2D eigenvalue weighted by atomic mass is 32.2. The maximum absolute atomic E-state index is 4.88. The zero-order valence-electron chi connectivity index (χ0n) is 16.7. The first kappa shape index (κ1) is 21.0. The topological polar surface area (TPSA) is 49.0 Å². The van der Waals surface area contributed by atoms with Crippen LogP contribution in [0.1, 0.15) is 25.1 Å². The van der Waals surface area contributed by atoms with E-state index in [1.54, 1.807) is 23.9 Å². The molecule has 1 aromatic heterocycles. The lowest BCUT2D eigenvalue weighted by molar-refractivity contribution is 0.671. The molecule has 3 N–H and O–H groups in total. The number of aromatic nitrogens is 1. The summed E-state index contributed by atoms with van der Waals surface area (Å²) in [7, 11) is 0. The van der Waals surface area contributed by atoms with Crippen LogP contribution in [0.15, 0.2) is 59.5 Å². The monoisotopic (exact) mass is 412 g/mol. The highest BCUT2D eigenvalue weighted by Gasteiger charge is 2.05. The molecule has 28 heavy (non-hydrogen) atoms. The molecule has 3 rings (SSSR count). The number of anilines is 1. The second kappa shape index (κ2) is 10.7. The van der Waals surface area contributed by atoms with Gasteiger partial charge in [-0.3, -0.25) is 4.72 Å². The van der Waals surface area contributed by atoms with E-state index in [1.165, 1.54) is 10.5 Å². The second-order valence-corrected chi connectivity index (χ2v) is 9.28. The fourth-order valence-corrected chi connectivity index (χ4v) is 3.89. The van der Waals surface area contributed by atoms with Gasteiger partial charge >= 0.3 is 0 Å². The number of hydrogen-bond acceptors (Lipinski definition) is 6. The normalized spacial score (nSPS) is 11.3. The lowest BCUT2D eigenvalue weighted by Crippen LogP contribution is -2.24. The molecular formula is C22H28N4S2. The second-order valence-electron chi connectivity index (χ2n) is 6.93. The summed E-state index contributed by atoms with van der Waals surface area (Å²) in [6, 6.07) is 19.0. The van der Waals surface area contributed by atoms with Gasteiger partial charge in [-0.1, -0.05) is 61.7 Å². The Kier molecular flexibility index (Phi) is 8.03. The van der Waals surface area contributed by atoms with Gasteiger partial charge in [0.1, 0.15) is 0 Å². The highest BCUT2D eigenvalue weighted by molar-refractivity contribution is 8.00. The summed E-state index contributed by atoms with van der Waals surface area (Å²) in [6.07, 6.45) is 0. The zero-order chi connectivity index (χ0) is 19.8. The summed E-state index contributed by atoms with van der Waals surface area (Å²) in [4.78, 5) is 6.07. The summed E-state index contributed by atoms with van der Waals surface area (Å²) in [5.74, 6) is 0. The average molecular weight is 413 g/mol. The van der Waals surface area contributed by atoms with E-state index in [0.717, 1.165) is 41.9 Å². The van der Waals surface area contributed by atoms with Crippen LogP contribution in [0.5, 0.6) is 0 Å². The molecule has 0 bridgehead atoms. The van der Waals surface area contributed by atoms with Crippen molar-refractivity contribution in [3.05, 3.63) is 65.9 Å². The minimum atomic E-state index is 0.603. The molecule has 0 fully saturated rings. The molecule has 3 aromatic rings. The highest BCUT2D eigenvalue weighted by Crippen LogP contribution is 2.27. The molecule has 0 saturated heterocycles. The summed E-state index contributed by atoms with van der Waals surface area (Å²) in [5.41, 5.74) is 4.37. The third-order valence-electron chi connectivity index (χ3n) is 4.11. The number of aryl methyl sites for hydroxylation is 1. The van der Waals surface area contributed by atoms with Crippen molar-refractivity contribution >= 4 is 40.5 Å². The van der Waals surface area contributed by atoms with Gasteiger partial charge in [0.15, 0.2) is 0 Å². The first-order valence-electron chi connectivity index (χ1n) is 9.59. The van der Waals surface area contributed by atoms with E-state index in [0.29, 0.717) is 5.25 Å². The van der Waals surface area contributed by atoms with E-state index in [-0.39, 0.29) is 0 Å². The Morgan fingerprint density at radius 2 is 1.79 bits per heavy atom. The molecule has 1 heterocycles. The van der Waals surface area contributed by atoms with Gasteiger partial charge in [-0.2, -0.15) is 0 Å². The van der Waals surface area contributed by atoms with E-state index < -0.39 is 0 Å². The molecule has 2 aromatic carbocycles. The summed E-state index contributed by atoms with van der Waals surface area (Å²) < 4.78 is 6.83. The quantitative estimate of drug-likeness (QED) is 0.306. The van der Waals surface area contributed by atoms with Gasteiger partial charge in [0, 0.05) is 35.2 Å². The predicted octanol–water partition coefficient (Wildman–Crippen LogP) is 5.40. The van der Waals surface area contributed by atoms with Crippen LogP contribution in [0.25, 0.3) is 10.9 Å². The molecule has 148 valence electrons. The molecule has 0 aliphatic heterocycles. The van der Waals surface area contributed by atoms with Crippen molar-refractivity contribution in [3.63, 3.8) is 0 Å². The van der Waals surface area contributed by atoms with Crippen molar-refractivity contribution in [1.82, 2.24) is 15.0 Å². The third-order valence-corrected chi connectivity index (χ3v) is 5.78. The summed E-state index contributed by atoms with van der Waals surface area (Å²) in [5, 5.41) is 5.21. The van der Waals surface area contributed by atoms with Crippen LogP contribution in [0.3, 0.4) is 0 Å². The Hall–Kier alpha value is -1.73. The molecule has 0 radical (unpaired) electrons. The van der Waals surface area contributed by atoms with E-state index in [4.69, 9.17) is 4.98 Å². The number of fused-ring (bicyclic) bond motifs is 1. The molecule has 0 aliphatic carbocycles. The van der Waals surface area contributed by atoms with Gasteiger partial charge in [0.25, 0.3) is 0 Å². The molecule has 0 atom stereocenters. The molecule has 0 spiro atoms. The molecule has 0 saturated carbocycles. The number of para-hydroxylation sites is 1. The first-order valence-corrected chi connectivity index (χ1v) is 11.3. The van der Waals surface area contributed by atoms with Crippen LogP contribution in [-0.2, 0) is 6.54 Å². The standard InChI is InChI=1S/C22H28N4S2/c1-16(2)27-24-14-13-23-15-19-10-9-18-5-4-6-21(22(18)25-19)26-28-20-11-7-17(3)8-12-20/h4-12,16,23-24,26H,13-15H2,1-3H3. The molecule has 4 nitrogen and oxygen atoms in total. The van der Waals surface area contributed by atoms with Crippen LogP contribution in [0.4, 0.5) is 5.69 Å². The van der Waals surface area contributed by atoms with Crippen LogP contribution in [0.2, 0.25) is 0 Å². The van der Waals surface area contributed by atoms with E-state index >= 15 is 0 Å². The maximum atomic E-state index is 4.88. The van der Waals surface area contributed by atoms with Crippen molar-refractivity contribution < 1.29 is 0 Å².